The van der Waals surface area contributed by atoms with Crippen molar-refractivity contribution in [3.05, 3.63) is 62.5 Å². The first-order valence-corrected chi connectivity index (χ1v) is 15.3. The first-order chi connectivity index (χ1) is 21.7. The standard InChI is InChI=1S/C13H17N4O7P.C13H16N4O4/c1-2-13(19)8(18)11(23-6-25(20,21)22)24-12(13)17-4-3-7-9(14)15-5-16-10(7)17;1-2-13(20)9(19)8(5-18)21-12(13)17-4-3-7-10(14)15-6-16-11(7)17/h2-5,8,11-12,18-19H,1,6H2,(H2,14,15,16)(H2,20,21,22);2-4,6,8-9,12,18-20H,1,5H2,(H2,14,15,16)/t8?,11-,12+,13+;8-,9?,12-,13-/m01/s1. The molecule has 2 fully saturated rings. The fourth-order valence-electron chi connectivity index (χ4n) is 5.29. The van der Waals surface area contributed by atoms with Crippen molar-refractivity contribution in [2.24, 2.45) is 0 Å². The largest absolute Gasteiger partial charge is 0.394 e. The highest BCUT2D eigenvalue weighted by Crippen LogP contribution is 2.44. The molecule has 2 unspecified atom stereocenters. The minimum atomic E-state index is -4.49. The quantitative estimate of drug-likeness (QED) is 0.0763. The highest BCUT2D eigenvalue weighted by atomic mass is 31.2. The van der Waals surface area contributed by atoms with Gasteiger partial charge in [0, 0.05) is 12.4 Å². The van der Waals surface area contributed by atoms with Crippen LogP contribution in [0.15, 0.2) is 62.5 Å². The maximum atomic E-state index is 11.0. The molecule has 0 amide bonds. The number of nitrogens with zero attached hydrogens (tertiary/aromatic N) is 6. The first kappa shape index (κ1) is 33.5. The van der Waals surface area contributed by atoms with Gasteiger partial charge < -0.3 is 70.1 Å². The summed E-state index contributed by atoms with van der Waals surface area (Å²) in [6, 6.07) is 3.30. The van der Waals surface area contributed by atoms with Gasteiger partial charge in [-0.3, -0.25) is 4.57 Å². The molecular formula is C26H33N8O11P. The Kier molecular flexibility index (Phi) is 9.03. The summed E-state index contributed by atoms with van der Waals surface area (Å²) in [5, 5.41) is 52.2. The third kappa shape index (κ3) is 5.67. The van der Waals surface area contributed by atoms with Crippen molar-refractivity contribution in [2.75, 3.05) is 24.4 Å². The Balaban J connectivity index is 0.000000184. The maximum absolute atomic E-state index is 11.0. The molecule has 6 heterocycles. The Morgan fingerprint density at radius 1 is 0.891 bits per heavy atom. The fourth-order valence-corrected chi connectivity index (χ4v) is 5.63. The minimum Gasteiger partial charge on any atom is -0.394 e. The number of nitrogens with two attached hydrogens (primary N) is 2. The number of aromatic nitrogens is 6. The Bertz CT molecular complexity index is 1800. The zero-order valence-corrected chi connectivity index (χ0v) is 24.9. The van der Waals surface area contributed by atoms with E-state index in [1.54, 1.807) is 18.3 Å². The normalized spacial score (nSPS) is 31.2. The topological polar surface area (TPSA) is 300 Å². The first-order valence-electron chi connectivity index (χ1n) is 13.5. The highest BCUT2D eigenvalue weighted by Gasteiger charge is 2.56. The Labute approximate surface area is 259 Å². The molecule has 11 N–H and O–H groups in total. The number of fused-ring (bicyclic) bond motifs is 2. The van der Waals surface area contributed by atoms with Gasteiger partial charge in [-0.15, -0.1) is 0 Å². The van der Waals surface area contributed by atoms with Gasteiger partial charge in [-0.1, -0.05) is 25.3 Å². The molecule has 2 aliphatic rings. The van der Waals surface area contributed by atoms with E-state index in [0.29, 0.717) is 27.9 Å². The number of anilines is 2. The molecule has 4 aromatic heterocycles. The number of nitrogen functional groups attached to an aromatic ring is 2. The molecule has 19 nitrogen and oxygen atoms in total. The average Bonchev–Trinajstić information content (AvgIpc) is 3.77. The molecule has 0 spiro atoms. The number of rotatable bonds is 8. The summed E-state index contributed by atoms with van der Waals surface area (Å²) in [5.74, 6) is 0.525. The lowest BCUT2D eigenvalue weighted by atomic mass is 9.94. The second kappa shape index (κ2) is 12.4. The summed E-state index contributed by atoms with van der Waals surface area (Å²) in [4.78, 5) is 33.8. The van der Waals surface area contributed by atoms with Crippen LogP contribution in [-0.2, 0) is 18.8 Å². The Hall–Kier alpha value is -3.85. The summed E-state index contributed by atoms with van der Waals surface area (Å²) in [5.41, 5.74) is 8.59. The lowest BCUT2D eigenvalue weighted by Gasteiger charge is -2.28. The van der Waals surface area contributed by atoms with Crippen molar-refractivity contribution < 1.29 is 54.1 Å². The van der Waals surface area contributed by atoms with E-state index in [1.807, 2.05) is 0 Å². The van der Waals surface area contributed by atoms with E-state index in [9.17, 15) is 30.1 Å². The molecule has 248 valence electrons. The number of aliphatic hydroxyl groups excluding tert-OH is 3. The molecule has 0 saturated carbocycles. The van der Waals surface area contributed by atoms with Crippen LogP contribution in [0.3, 0.4) is 0 Å². The SMILES string of the molecule is C=C[C@@]1(O)C(O)[C@@H](CO)O[C@H]1n1ccc2c(N)ncnc21.C=C[C@@]1(O)C(O)[C@@H](OCP(=O)(O)O)O[C@H]1n1ccc2c(N)ncnc21. The van der Waals surface area contributed by atoms with Crippen molar-refractivity contribution >= 4 is 41.3 Å². The molecule has 20 heteroatoms. The van der Waals surface area contributed by atoms with Gasteiger partial charge in [-0.25, -0.2) is 19.9 Å². The Morgan fingerprint density at radius 2 is 1.37 bits per heavy atom. The van der Waals surface area contributed by atoms with Gasteiger partial charge in [0.25, 0.3) is 0 Å². The van der Waals surface area contributed by atoms with Crippen molar-refractivity contribution in [1.82, 2.24) is 29.1 Å². The third-order valence-electron chi connectivity index (χ3n) is 7.74. The molecule has 0 aromatic carbocycles. The van der Waals surface area contributed by atoms with Gasteiger partial charge in [0.15, 0.2) is 36.3 Å². The molecule has 0 bridgehead atoms. The van der Waals surface area contributed by atoms with Crippen molar-refractivity contribution in [2.45, 2.75) is 48.3 Å². The average molecular weight is 665 g/mol. The van der Waals surface area contributed by atoms with Gasteiger partial charge in [0.2, 0.25) is 0 Å². The lowest BCUT2D eigenvalue weighted by Crippen LogP contribution is -2.45. The van der Waals surface area contributed by atoms with Crippen LogP contribution in [-0.4, -0.2) is 113 Å². The van der Waals surface area contributed by atoms with E-state index >= 15 is 0 Å². The van der Waals surface area contributed by atoms with Crippen LogP contribution in [0.5, 0.6) is 0 Å². The van der Waals surface area contributed by atoms with Crippen LogP contribution in [0.2, 0.25) is 0 Å². The predicted octanol–water partition coefficient (Wildman–Crippen LogP) is -1.52. The molecule has 2 aliphatic heterocycles. The van der Waals surface area contributed by atoms with E-state index < -0.39 is 68.8 Å². The van der Waals surface area contributed by atoms with E-state index in [4.69, 9.17) is 35.5 Å². The van der Waals surface area contributed by atoms with Crippen LogP contribution in [0, 0.1) is 0 Å². The van der Waals surface area contributed by atoms with Gasteiger partial charge >= 0.3 is 7.60 Å². The number of hydrogen-bond donors (Lipinski definition) is 9. The Morgan fingerprint density at radius 3 is 1.83 bits per heavy atom. The third-order valence-corrected chi connectivity index (χ3v) is 8.23. The van der Waals surface area contributed by atoms with Gasteiger partial charge in [0.1, 0.15) is 53.9 Å². The van der Waals surface area contributed by atoms with E-state index in [-0.39, 0.29) is 5.82 Å². The van der Waals surface area contributed by atoms with Gasteiger partial charge in [-0.2, -0.15) is 0 Å². The van der Waals surface area contributed by atoms with Crippen LogP contribution >= 0.6 is 7.60 Å². The number of ether oxygens (including phenoxy) is 3. The molecule has 6 rings (SSSR count). The van der Waals surface area contributed by atoms with Crippen LogP contribution in [0.25, 0.3) is 22.1 Å². The minimum absolute atomic E-state index is 0.221. The van der Waals surface area contributed by atoms with E-state index in [0.717, 1.165) is 6.08 Å². The molecule has 2 saturated heterocycles. The zero-order chi connectivity index (χ0) is 33.6. The molecule has 0 aliphatic carbocycles. The summed E-state index contributed by atoms with van der Waals surface area (Å²) in [6.07, 6.45) is -0.572. The number of aliphatic hydroxyl groups is 5. The highest BCUT2D eigenvalue weighted by molar-refractivity contribution is 7.51. The maximum Gasteiger partial charge on any atom is 0.351 e. The van der Waals surface area contributed by atoms with Crippen molar-refractivity contribution in [3.8, 4) is 0 Å². The van der Waals surface area contributed by atoms with Gasteiger partial charge in [-0.05, 0) is 12.1 Å². The summed E-state index contributed by atoms with van der Waals surface area (Å²) >= 11 is 0. The lowest BCUT2D eigenvalue weighted by molar-refractivity contribution is -0.167. The van der Waals surface area contributed by atoms with E-state index in [1.165, 1.54) is 34.1 Å². The van der Waals surface area contributed by atoms with Crippen molar-refractivity contribution in [3.63, 3.8) is 0 Å². The summed E-state index contributed by atoms with van der Waals surface area (Å²) < 4.78 is 29.9. The summed E-state index contributed by atoms with van der Waals surface area (Å²) in [7, 11) is -4.49. The van der Waals surface area contributed by atoms with Crippen LogP contribution < -0.4 is 11.5 Å². The molecule has 8 atom stereocenters. The molecule has 4 aromatic rings. The number of hydrogen-bond acceptors (Lipinski definition) is 15. The van der Waals surface area contributed by atoms with E-state index in [2.05, 4.69) is 33.1 Å². The fraction of sp³-hybridized carbons (Fsp3) is 0.385. The zero-order valence-electron chi connectivity index (χ0n) is 24.0. The monoisotopic (exact) mass is 664 g/mol. The second-order valence-corrected chi connectivity index (χ2v) is 12.1. The van der Waals surface area contributed by atoms with Gasteiger partial charge in [0.05, 0.1) is 17.4 Å². The second-order valence-electron chi connectivity index (χ2n) is 10.5. The molecular weight excluding hydrogens is 631 g/mol. The van der Waals surface area contributed by atoms with Crippen LogP contribution in [0.4, 0.5) is 11.6 Å². The summed E-state index contributed by atoms with van der Waals surface area (Å²) in [6.45, 7) is 6.62. The molecule has 0 radical (unpaired) electrons. The smallest absolute Gasteiger partial charge is 0.351 e. The van der Waals surface area contributed by atoms with Crippen molar-refractivity contribution in [1.29, 1.82) is 0 Å². The predicted molar refractivity (Wildman–Crippen MR) is 159 cm³/mol. The van der Waals surface area contributed by atoms with Crippen LogP contribution in [0.1, 0.15) is 12.5 Å². The molecule has 46 heavy (non-hydrogen) atoms.